The normalized spacial score (nSPS) is 13.6. The van der Waals surface area contributed by atoms with Gasteiger partial charge in [-0.2, -0.15) is 0 Å². The maximum absolute atomic E-state index is 12.9. The molecule has 0 spiro atoms. The summed E-state index contributed by atoms with van der Waals surface area (Å²) in [4.78, 5) is 16.3. The lowest BCUT2D eigenvalue weighted by Gasteiger charge is -2.28. The molecule has 2 aromatic carbocycles. The van der Waals surface area contributed by atoms with E-state index in [4.69, 9.17) is 4.42 Å². The topological polar surface area (TPSA) is 58.0 Å². The minimum Gasteiger partial charge on any atom is -0.454 e. The number of carbonyl (C=O) groups is 1. The van der Waals surface area contributed by atoms with Gasteiger partial charge in [0.2, 0.25) is 0 Å². The average molecular weight is 413 g/mol. The zero-order valence-corrected chi connectivity index (χ0v) is 16.8. The molecule has 0 saturated carbocycles. The fraction of sp³-hybridized carbons (Fsp3) is 0.286. The van der Waals surface area contributed by atoms with Gasteiger partial charge in [0.05, 0.1) is 16.6 Å². The van der Waals surface area contributed by atoms with Crippen LogP contribution in [0.25, 0.3) is 33.0 Å². The van der Waals surface area contributed by atoms with E-state index in [0.29, 0.717) is 5.56 Å². The van der Waals surface area contributed by atoms with Crippen molar-refractivity contribution >= 4 is 54.8 Å². The molecule has 1 amide bonds. The number of nitrogens with one attached hydrogen (secondary N) is 2. The number of carbonyl (C=O) groups excluding carboxylic acids is 1. The highest BCUT2D eigenvalue weighted by Crippen LogP contribution is 2.36. The number of hydrogen-bond donors (Lipinski definition) is 2. The summed E-state index contributed by atoms with van der Waals surface area (Å²) >= 11 is 3.51. The highest BCUT2D eigenvalue weighted by Gasteiger charge is 2.24. The number of H-pyrrole nitrogens is 1. The first-order valence-electron chi connectivity index (χ1n) is 8.69. The fourth-order valence-electron chi connectivity index (χ4n) is 3.06. The van der Waals surface area contributed by atoms with Gasteiger partial charge in [0.1, 0.15) is 5.58 Å². The third kappa shape index (κ3) is 2.71. The van der Waals surface area contributed by atoms with Crippen LogP contribution in [0.1, 0.15) is 38.1 Å². The van der Waals surface area contributed by atoms with E-state index >= 15 is 0 Å². The van der Waals surface area contributed by atoms with Gasteiger partial charge in [-0.15, -0.1) is 0 Å². The van der Waals surface area contributed by atoms with Crippen LogP contribution < -0.4 is 5.32 Å². The monoisotopic (exact) mass is 412 g/mol. The Labute approximate surface area is 160 Å². The summed E-state index contributed by atoms with van der Waals surface area (Å²) in [6, 6.07) is 11.7. The number of hydrogen-bond acceptors (Lipinski definition) is 2. The molecule has 4 aromatic rings. The number of halogens is 1. The van der Waals surface area contributed by atoms with E-state index in [-0.39, 0.29) is 17.4 Å². The fourth-order valence-corrected chi connectivity index (χ4v) is 3.43. The largest absolute Gasteiger partial charge is 0.454 e. The van der Waals surface area contributed by atoms with Gasteiger partial charge in [-0.3, -0.25) is 4.79 Å². The first-order chi connectivity index (χ1) is 12.3. The van der Waals surface area contributed by atoms with Gasteiger partial charge in [0.25, 0.3) is 5.91 Å². The molecular formula is C21H21BrN2O2. The zero-order chi connectivity index (χ0) is 18.6. The van der Waals surface area contributed by atoms with Gasteiger partial charge in [-0.1, -0.05) is 42.8 Å². The predicted octanol–water partition coefficient (Wildman–Crippen LogP) is 5.99. The molecule has 2 aromatic heterocycles. The van der Waals surface area contributed by atoms with Gasteiger partial charge in [-0.05, 0) is 42.7 Å². The van der Waals surface area contributed by atoms with Gasteiger partial charge < -0.3 is 14.7 Å². The molecule has 0 aliphatic carbocycles. The van der Waals surface area contributed by atoms with Crippen LogP contribution in [0.2, 0.25) is 0 Å². The number of rotatable bonds is 2. The van der Waals surface area contributed by atoms with E-state index in [1.807, 2.05) is 43.3 Å². The molecule has 5 heteroatoms. The molecular weight excluding hydrogens is 392 g/mol. The standard InChI is InChI=1S/C21H21BrN2O2/c1-11(21(2,3)4)23-20(25)14-7-5-6-13-17(14)24-18-15-10-12(22)8-9-16(15)26-19(13)18/h5-11,24H,1-4H3,(H,23,25). The van der Waals surface area contributed by atoms with Gasteiger partial charge in [0, 0.05) is 21.3 Å². The summed E-state index contributed by atoms with van der Waals surface area (Å²) in [5.74, 6) is -0.0765. The molecule has 4 nitrogen and oxygen atoms in total. The Balaban J connectivity index is 1.86. The Morgan fingerprint density at radius 1 is 1.15 bits per heavy atom. The molecule has 2 N–H and O–H groups in total. The average Bonchev–Trinajstić information content (AvgIpc) is 3.10. The molecule has 1 unspecified atom stereocenters. The Morgan fingerprint density at radius 2 is 1.92 bits per heavy atom. The third-order valence-corrected chi connectivity index (χ3v) is 5.59. The summed E-state index contributed by atoms with van der Waals surface area (Å²) in [6.07, 6.45) is 0. The minimum absolute atomic E-state index is 0.00459. The van der Waals surface area contributed by atoms with E-state index in [1.54, 1.807) is 0 Å². The molecule has 0 radical (unpaired) electrons. The number of furan rings is 1. The second kappa shape index (κ2) is 5.88. The summed E-state index contributed by atoms with van der Waals surface area (Å²) in [5.41, 5.74) is 3.96. The van der Waals surface area contributed by atoms with E-state index in [2.05, 4.69) is 47.0 Å². The Morgan fingerprint density at radius 3 is 2.65 bits per heavy atom. The number of aromatic nitrogens is 1. The van der Waals surface area contributed by atoms with Crippen molar-refractivity contribution in [3.05, 3.63) is 46.4 Å². The van der Waals surface area contributed by atoms with Crippen LogP contribution in [0, 0.1) is 5.41 Å². The summed E-state index contributed by atoms with van der Waals surface area (Å²) in [5, 5.41) is 5.03. The van der Waals surface area contributed by atoms with Crippen LogP contribution >= 0.6 is 15.9 Å². The van der Waals surface area contributed by atoms with Crippen molar-refractivity contribution in [1.82, 2.24) is 10.3 Å². The highest BCUT2D eigenvalue weighted by atomic mass is 79.9. The van der Waals surface area contributed by atoms with Crippen molar-refractivity contribution < 1.29 is 9.21 Å². The number of fused-ring (bicyclic) bond motifs is 5. The number of amides is 1. The lowest BCUT2D eigenvalue weighted by atomic mass is 9.88. The maximum atomic E-state index is 12.9. The SMILES string of the molecule is CC(NC(=O)c1cccc2c1[nH]c1c3cc(Br)ccc3oc21)C(C)(C)C. The molecule has 2 heterocycles. The first kappa shape index (κ1) is 17.2. The molecule has 0 saturated heterocycles. The lowest BCUT2D eigenvalue weighted by Crippen LogP contribution is -2.41. The van der Waals surface area contributed by atoms with E-state index < -0.39 is 0 Å². The van der Waals surface area contributed by atoms with Crippen molar-refractivity contribution in [2.45, 2.75) is 33.7 Å². The lowest BCUT2D eigenvalue weighted by molar-refractivity contribution is 0.0911. The van der Waals surface area contributed by atoms with Crippen LogP contribution in [0.3, 0.4) is 0 Å². The van der Waals surface area contributed by atoms with Gasteiger partial charge in [0.15, 0.2) is 5.58 Å². The van der Waals surface area contributed by atoms with Gasteiger partial charge >= 0.3 is 0 Å². The Hall–Kier alpha value is -2.27. The van der Waals surface area contributed by atoms with Crippen LogP contribution in [0.15, 0.2) is 45.3 Å². The number of aromatic amines is 1. The van der Waals surface area contributed by atoms with Crippen molar-refractivity contribution in [2.75, 3.05) is 0 Å². The van der Waals surface area contributed by atoms with Crippen molar-refractivity contribution in [3.63, 3.8) is 0 Å². The molecule has 0 aliphatic rings. The van der Waals surface area contributed by atoms with Crippen LogP contribution in [-0.4, -0.2) is 16.9 Å². The first-order valence-corrected chi connectivity index (χ1v) is 9.48. The zero-order valence-electron chi connectivity index (χ0n) is 15.2. The molecule has 134 valence electrons. The van der Waals surface area contributed by atoms with Crippen molar-refractivity contribution in [1.29, 1.82) is 0 Å². The Kier molecular flexibility index (Phi) is 3.88. The third-order valence-electron chi connectivity index (χ3n) is 5.10. The van der Waals surface area contributed by atoms with E-state index in [0.717, 1.165) is 37.4 Å². The quantitative estimate of drug-likeness (QED) is 0.424. The smallest absolute Gasteiger partial charge is 0.253 e. The summed E-state index contributed by atoms with van der Waals surface area (Å²) < 4.78 is 7.04. The van der Waals surface area contributed by atoms with E-state index in [9.17, 15) is 4.79 Å². The second-order valence-corrected chi connectivity index (χ2v) is 8.78. The van der Waals surface area contributed by atoms with Crippen molar-refractivity contribution in [3.8, 4) is 0 Å². The van der Waals surface area contributed by atoms with Crippen molar-refractivity contribution in [2.24, 2.45) is 5.41 Å². The molecule has 4 rings (SSSR count). The summed E-state index contributed by atoms with van der Waals surface area (Å²) in [7, 11) is 0. The molecule has 0 fully saturated rings. The highest BCUT2D eigenvalue weighted by molar-refractivity contribution is 9.10. The van der Waals surface area contributed by atoms with Crippen LogP contribution in [-0.2, 0) is 0 Å². The molecule has 0 aliphatic heterocycles. The molecule has 0 bridgehead atoms. The molecule has 26 heavy (non-hydrogen) atoms. The summed E-state index contributed by atoms with van der Waals surface area (Å²) in [6.45, 7) is 8.38. The van der Waals surface area contributed by atoms with Gasteiger partial charge in [-0.25, -0.2) is 0 Å². The van der Waals surface area contributed by atoms with Crippen LogP contribution in [0.4, 0.5) is 0 Å². The Bertz CT molecular complexity index is 1150. The predicted molar refractivity (Wildman–Crippen MR) is 110 cm³/mol. The van der Waals surface area contributed by atoms with Crippen LogP contribution in [0.5, 0.6) is 0 Å². The van der Waals surface area contributed by atoms with E-state index in [1.165, 1.54) is 0 Å². The minimum atomic E-state index is -0.0765. The second-order valence-electron chi connectivity index (χ2n) is 7.86. The number of para-hydroxylation sites is 1. The molecule has 1 atom stereocenters. The number of benzene rings is 2. The maximum Gasteiger partial charge on any atom is 0.253 e.